The molecule has 0 aliphatic carbocycles. The molecule has 2 aromatic carbocycles. The average molecular weight is 433 g/mol. The van der Waals surface area contributed by atoms with E-state index < -0.39 is 17.7 Å². The van der Waals surface area contributed by atoms with Crippen molar-refractivity contribution in [2.75, 3.05) is 13.2 Å². The van der Waals surface area contributed by atoms with Crippen molar-refractivity contribution in [3.8, 4) is 5.75 Å². The number of Topliss-reactive ketones (excluding diaryl/α,β-unsaturated/α-hetero) is 1. The zero-order valence-corrected chi connectivity index (χ0v) is 18.4. The van der Waals surface area contributed by atoms with Crippen molar-refractivity contribution in [1.82, 2.24) is 9.88 Å². The van der Waals surface area contributed by atoms with Gasteiger partial charge in [-0.3, -0.25) is 9.59 Å². The maximum Gasteiger partial charge on any atom is 0.295 e. The average Bonchev–Trinajstić information content (AvgIpc) is 3.35. The van der Waals surface area contributed by atoms with Crippen LogP contribution >= 0.6 is 0 Å². The number of aliphatic hydroxyl groups is 1. The Labute approximate surface area is 187 Å². The fourth-order valence-corrected chi connectivity index (χ4v) is 4.19. The molecule has 1 amide bonds. The summed E-state index contributed by atoms with van der Waals surface area (Å²) in [5, 5.41) is 12.1. The molecule has 1 saturated heterocycles. The number of likely N-dealkylation sites (tertiary alicyclic amines) is 1. The lowest BCUT2D eigenvalue weighted by Gasteiger charge is -2.25. The van der Waals surface area contributed by atoms with Crippen LogP contribution in [0.15, 0.2) is 60.3 Å². The summed E-state index contributed by atoms with van der Waals surface area (Å²) in [7, 11) is 0. The first-order chi connectivity index (χ1) is 15.6. The number of hydrogen-bond donors (Lipinski definition) is 2. The van der Waals surface area contributed by atoms with E-state index in [1.54, 1.807) is 11.1 Å². The van der Waals surface area contributed by atoms with Crippen molar-refractivity contribution in [1.29, 1.82) is 0 Å². The van der Waals surface area contributed by atoms with Crippen LogP contribution in [0.4, 0.5) is 0 Å². The Kier molecular flexibility index (Phi) is 6.30. The normalized spacial score (nSPS) is 17.9. The standard InChI is InChI=1S/C26H28N2O4/c1-3-5-13-28-23(17-9-8-10-18(15-17)32-14-4-2)22(25(30)26(28)31)24(29)20-16-27-21-12-7-6-11-19(20)21/h6-12,15-16,23,27,29H,3-5,13-14H2,1-2H3/b24-22-. The number of amides is 1. The van der Waals surface area contributed by atoms with Gasteiger partial charge in [-0.25, -0.2) is 0 Å². The fraction of sp³-hybridized carbons (Fsp3) is 0.308. The monoisotopic (exact) mass is 432 g/mol. The number of nitrogens with zero attached hydrogens (tertiary/aromatic N) is 1. The number of para-hydroxylation sites is 1. The van der Waals surface area contributed by atoms with Crippen molar-refractivity contribution in [2.45, 2.75) is 39.2 Å². The van der Waals surface area contributed by atoms with Gasteiger partial charge in [-0.1, -0.05) is 50.6 Å². The van der Waals surface area contributed by atoms with Gasteiger partial charge in [-0.2, -0.15) is 0 Å². The summed E-state index contributed by atoms with van der Waals surface area (Å²) >= 11 is 0. The quantitative estimate of drug-likeness (QED) is 0.292. The number of ketones is 1. The Balaban J connectivity index is 1.86. The Hall–Kier alpha value is -3.54. The van der Waals surface area contributed by atoms with E-state index in [1.165, 1.54) is 0 Å². The fourth-order valence-electron chi connectivity index (χ4n) is 4.19. The van der Waals surface area contributed by atoms with E-state index in [4.69, 9.17) is 4.74 Å². The third kappa shape index (κ3) is 3.88. The number of hydrogen-bond acceptors (Lipinski definition) is 4. The molecule has 1 atom stereocenters. The van der Waals surface area contributed by atoms with E-state index in [0.717, 1.165) is 35.7 Å². The van der Waals surface area contributed by atoms with Crippen molar-refractivity contribution in [2.24, 2.45) is 0 Å². The van der Waals surface area contributed by atoms with Gasteiger partial charge >= 0.3 is 0 Å². The molecule has 3 aromatic rings. The largest absolute Gasteiger partial charge is 0.507 e. The summed E-state index contributed by atoms with van der Waals surface area (Å²) in [5.41, 5.74) is 2.22. The van der Waals surface area contributed by atoms with Crippen LogP contribution in [0.3, 0.4) is 0 Å². The summed E-state index contributed by atoms with van der Waals surface area (Å²) in [6.45, 7) is 5.09. The molecule has 1 aliphatic rings. The van der Waals surface area contributed by atoms with Crippen LogP contribution in [0.1, 0.15) is 50.3 Å². The van der Waals surface area contributed by atoms with Crippen LogP contribution in [0, 0.1) is 0 Å². The van der Waals surface area contributed by atoms with Gasteiger partial charge in [0, 0.05) is 29.2 Å². The highest BCUT2D eigenvalue weighted by atomic mass is 16.5. The summed E-state index contributed by atoms with van der Waals surface area (Å²) in [5.74, 6) is -0.722. The van der Waals surface area contributed by atoms with Crippen LogP contribution < -0.4 is 4.74 Å². The summed E-state index contributed by atoms with van der Waals surface area (Å²) in [6.07, 6.45) is 4.21. The van der Waals surface area contributed by atoms with Crippen molar-refractivity contribution >= 4 is 28.4 Å². The van der Waals surface area contributed by atoms with Crippen molar-refractivity contribution < 1.29 is 19.4 Å². The van der Waals surface area contributed by atoms with Crippen LogP contribution in [0.5, 0.6) is 5.75 Å². The Morgan fingerprint density at radius 3 is 2.69 bits per heavy atom. The minimum Gasteiger partial charge on any atom is -0.507 e. The first-order valence-corrected chi connectivity index (χ1v) is 11.1. The third-order valence-electron chi connectivity index (χ3n) is 5.78. The molecule has 166 valence electrons. The number of aromatic amines is 1. The summed E-state index contributed by atoms with van der Waals surface area (Å²) in [4.78, 5) is 30.8. The Morgan fingerprint density at radius 1 is 1.09 bits per heavy atom. The molecule has 0 radical (unpaired) electrons. The number of ether oxygens (including phenoxy) is 1. The number of fused-ring (bicyclic) bond motifs is 1. The lowest BCUT2D eigenvalue weighted by Crippen LogP contribution is -2.30. The van der Waals surface area contributed by atoms with E-state index in [1.807, 2.05) is 62.4 Å². The zero-order valence-electron chi connectivity index (χ0n) is 18.4. The second kappa shape index (κ2) is 9.30. The van der Waals surface area contributed by atoms with Gasteiger partial charge in [0.1, 0.15) is 11.5 Å². The van der Waals surface area contributed by atoms with E-state index >= 15 is 0 Å². The maximum atomic E-state index is 13.1. The zero-order chi connectivity index (χ0) is 22.7. The van der Waals surface area contributed by atoms with Gasteiger partial charge in [-0.05, 0) is 36.6 Å². The van der Waals surface area contributed by atoms with Crippen molar-refractivity contribution in [3.63, 3.8) is 0 Å². The first-order valence-electron chi connectivity index (χ1n) is 11.1. The van der Waals surface area contributed by atoms with E-state index in [2.05, 4.69) is 4.98 Å². The third-order valence-corrected chi connectivity index (χ3v) is 5.78. The molecule has 1 fully saturated rings. The highest BCUT2D eigenvalue weighted by Crippen LogP contribution is 2.41. The van der Waals surface area contributed by atoms with Crippen LogP contribution in [0.25, 0.3) is 16.7 Å². The van der Waals surface area contributed by atoms with E-state index in [0.29, 0.717) is 24.5 Å². The number of unbranched alkanes of at least 4 members (excludes halogenated alkanes) is 1. The molecule has 6 heteroatoms. The molecule has 1 aromatic heterocycles. The molecule has 2 N–H and O–H groups in total. The van der Waals surface area contributed by atoms with Gasteiger partial charge < -0.3 is 19.7 Å². The topological polar surface area (TPSA) is 82.6 Å². The molecule has 2 heterocycles. The van der Waals surface area contributed by atoms with E-state index in [9.17, 15) is 14.7 Å². The number of carbonyl (C=O) groups is 2. The first kappa shape index (κ1) is 21.7. The highest BCUT2D eigenvalue weighted by molar-refractivity contribution is 6.46. The second-order valence-electron chi connectivity index (χ2n) is 8.01. The van der Waals surface area contributed by atoms with Crippen LogP contribution in [0.2, 0.25) is 0 Å². The second-order valence-corrected chi connectivity index (χ2v) is 8.01. The van der Waals surface area contributed by atoms with Gasteiger partial charge in [-0.15, -0.1) is 0 Å². The number of nitrogens with one attached hydrogen (secondary N) is 1. The van der Waals surface area contributed by atoms with Crippen LogP contribution in [-0.2, 0) is 9.59 Å². The molecule has 6 nitrogen and oxygen atoms in total. The molecular formula is C26H28N2O4. The molecule has 0 saturated carbocycles. The lowest BCUT2D eigenvalue weighted by molar-refractivity contribution is -0.139. The van der Waals surface area contributed by atoms with E-state index in [-0.39, 0.29) is 11.3 Å². The number of H-pyrrole nitrogens is 1. The van der Waals surface area contributed by atoms with Gasteiger partial charge in [0.15, 0.2) is 0 Å². The number of aromatic nitrogens is 1. The number of rotatable bonds is 8. The minimum atomic E-state index is -0.666. The predicted octanol–water partition coefficient (Wildman–Crippen LogP) is 5.18. The van der Waals surface area contributed by atoms with Gasteiger partial charge in [0.2, 0.25) is 0 Å². The Morgan fingerprint density at radius 2 is 1.91 bits per heavy atom. The smallest absolute Gasteiger partial charge is 0.295 e. The summed E-state index contributed by atoms with van der Waals surface area (Å²) < 4.78 is 5.78. The molecular weight excluding hydrogens is 404 g/mol. The number of aliphatic hydroxyl groups excluding tert-OH is 1. The molecule has 32 heavy (non-hydrogen) atoms. The lowest BCUT2D eigenvalue weighted by atomic mass is 9.95. The SMILES string of the molecule is CCCCN1C(=O)C(=O)/C(=C(\O)c2c[nH]c3ccccc23)C1c1cccc(OCCC)c1. The Bertz CT molecular complexity index is 1180. The van der Waals surface area contributed by atoms with Gasteiger partial charge in [0.25, 0.3) is 11.7 Å². The maximum absolute atomic E-state index is 13.1. The molecule has 1 unspecified atom stereocenters. The van der Waals surface area contributed by atoms with Crippen molar-refractivity contribution in [3.05, 3.63) is 71.4 Å². The number of benzene rings is 2. The predicted molar refractivity (Wildman–Crippen MR) is 124 cm³/mol. The highest BCUT2D eigenvalue weighted by Gasteiger charge is 2.46. The van der Waals surface area contributed by atoms with Crippen LogP contribution in [-0.4, -0.2) is 39.8 Å². The number of carbonyl (C=O) groups excluding carboxylic acids is 2. The molecule has 0 spiro atoms. The minimum absolute atomic E-state index is 0.114. The molecule has 0 bridgehead atoms. The molecule has 1 aliphatic heterocycles. The van der Waals surface area contributed by atoms with Gasteiger partial charge in [0.05, 0.1) is 18.2 Å². The molecule has 4 rings (SSSR count). The summed E-state index contributed by atoms with van der Waals surface area (Å²) in [6, 6.07) is 14.3.